The molecule has 7 rings (SSSR count). The van der Waals surface area contributed by atoms with Gasteiger partial charge in [-0.1, -0.05) is 28.8 Å². The van der Waals surface area contributed by atoms with Crippen molar-refractivity contribution in [1.82, 2.24) is 4.49 Å². The van der Waals surface area contributed by atoms with E-state index in [1.54, 1.807) is 0 Å². The summed E-state index contributed by atoms with van der Waals surface area (Å²) in [5.74, 6) is -1.36. The number of aryl methyl sites for hydroxylation is 2. The number of hydrogen-bond donors (Lipinski definition) is 1. The van der Waals surface area contributed by atoms with Gasteiger partial charge in [0, 0.05) is 27.7 Å². The summed E-state index contributed by atoms with van der Waals surface area (Å²) < 4.78 is 215. The molecule has 3 aliphatic carbocycles. The van der Waals surface area contributed by atoms with Crippen molar-refractivity contribution in [2.45, 2.75) is 55.1 Å². The van der Waals surface area contributed by atoms with E-state index in [1.165, 1.54) is 18.2 Å². The van der Waals surface area contributed by atoms with Crippen molar-refractivity contribution in [3.63, 3.8) is 0 Å². The SMILES string of the molecule is O=P1(NS(=O)(=O)C(F)(F)F)Oc2c(C3=CC(C(F)(F)F)=C3)ccc3c2C2(CC3)CCc3ccc(-c4cc(C(F)(F)F)cc(C(F)(F)F)c4)c(c32)O1. The van der Waals surface area contributed by atoms with Gasteiger partial charge in [-0.25, -0.2) is 13.0 Å². The third kappa shape index (κ3) is 5.71. The molecule has 0 amide bonds. The molecule has 1 heterocycles. The number of sulfonamides is 1. The lowest BCUT2D eigenvalue weighted by Gasteiger charge is -2.36. The van der Waals surface area contributed by atoms with Crippen LogP contribution < -0.4 is 13.5 Å². The molecule has 2 atom stereocenters. The molecule has 4 aliphatic rings. The van der Waals surface area contributed by atoms with Gasteiger partial charge in [-0.3, -0.25) is 0 Å². The van der Waals surface area contributed by atoms with E-state index in [2.05, 4.69) is 0 Å². The van der Waals surface area contributed by atoms with Crippen LogP contribution in [0.2, 0.25) is 0 Å². The van der Waals surface area contributed by atoms with E-state index in [-0.39, 0.29) is 54.0 Å². The van der Waals surface area contributed by atoms with Gasteiger partial charge >= 0.3 is 41.8 Å². The minimum Gasteiger partial charge on any atom is -0.403 e. The van der Waals surface area contributed by atoms with Crippen LogP contribution in [0.5, 0.6) is 11.5 Å². The molecule has 272 valence electrons. The molecule has 3 aromatic rings. The molecule has 1 N–H and O–H groups in total. The summed E-state index contributed by atoms with van der Waals surface area (Å²) in [4.78, 5) is 0. The van der Waals surface area contributed by atoms with Crippen molar-refractivity contribution >= 4 is 23.3 Å². The fourth-order valence-electron chi connectivity index (χ4n) is 7.05. The number of nitrogens with one attached hydrogen (secondary N) is 1. The average Bonchev–Trinajstić information content (AvgIpc) is 3.51. The van der Waals surface area contributed by atoms with Crippen molar-refractivity contribution in [3.8, 4) is 22.6 Å². The van der Waals surface area contributed by atoms with Crippen LogP contribution in [0.3, 0.4) is 0 Å². The number of hydrogen-bond acceptors (Lipinski definition) is 5. The van der Waals surface area contributed by atoms with Gasteiger partial charge in [-0.2, -0.15) is 52.7 Å². The maximum Gasteiger partial charge on any atom is 0.526 e. The maximum absolute atomic E-state index is 14.4. The first-order chi connectivity index (χ1) is 23.3. The first kappa shape index (κ1) is 35.4. The summed E-state index contributed by atoms with van der Waals surface area (Å²) in [5.41, 5.74) is -13.1. The Hall–Kier alpha value is -3.96. The monoisotopic (exact) mass is 775 g/mol. The minimum absolute atomic E-state index is 0.00744. The van der Waals surface area contributed by atoms with E-state index in [0.717, 1.165) is 10.6 Å². The van der Waals surface area contributed by atoms with Crippen molar-refractivity contribution < 1.29 is 74.7 Å². The third-order valence-corrected chi connectivity index (χ3v) is 12.5. The van der Waals surface area contributed by atoms with Gasteiger partial charge in [0.15, 0.2) is 0 Å². The van der Waals surface area contributed by atoms with Crippen molar-refractivity contribution in [1.29, 1.82) is 0 Å². The van der Waals surface area contributed by atoms with E-state index in [0.29, 0.717) is 35.4 Å². The molecule has 6 nitrogen and oxygen atoms in total. The van der Waals surface area contributed by atoms with Crippen LogP contribution in [-0.4, -0.2) is 20.1 Å². The van der Waals surface area contributed by atoms with Crippen LogP contribution in [0.1, 0.15) is 51.8 Å². The summed E-state index contributed by atoms with van der Waals surface area (Å²) in [6.07, 6.45) is -13.5. The lowest BCUT2D eigenvalue weighted by atomic mass is 9.74. The smallest absolute Gasteiger partial charge is 0.403 e. The Bertz CT molecular complexity index is 2220. The number of benzene rings is 3. The van der Waals surface area contributed by atoms with Gasteiger partial charge in [0.25, 0.3) is 0 Å². The lowest BCUT2D eigenvalue weighted by molar-refractivity contribution is -0.143. The van der Waals surface area contributed by atoms with E-state index >= 15 is 0 Å². The predicted molar refractivity (Wildman–Crippen MR) is 155 cm³/mol. The fraction of sp³-hybridized carbons (Fsp3) is 0.290. The Kier molecular flexibility index (Phi) is 7.50. The Labute approximate surface area is 279 Å². The highest BCUT2D eigenvalue weighted by molar-refractivity contribution is 7.95. The first-order valence-corrected chi connectivity index (χ1v) is 17.6. The topological polar surface area (TPSA) is 81.7 Å². The number of rotatable bonds is 4. The van der Waals surface area contributed by atoms with E-state index in [4.69, 9.17) is 9.05 Å². The summed E-state index contributed by atoms with van der Waals surface area (Å²) in [6.45, 7) is 0. The molecule has 2 unspecified atom stereocenters. The Morgan fingerprint density at radius 3 is 1.59 bits per heavy atom. The maximum atomic E-state index is 14.4. The lowest BCUT2D eigenvalue weighted by Crippen LogP contribution is -2.37. The average molecular weight is 776 g/mol. The molecule has 0 saturated heterocycles. The van der Waals surface area contributed by atoms with Crippen LogP contribution in [-0.2, 0) is 45.2 Å². The van der Waals surface area contributed by atoms with Crippen LogP contribution in [0, 0.1) is 0 Å². The summed E-state index contributed by atoms with van der Waals surface area (Å²) in [6, 6.07) is 5.50. The minimum atomic E-state index is -6.63. The quantitative estimate of drug-likeness (QED) is 0.211. The second kappa shape index (κ2) is 10.8. The second-order valence-corrected chi connectivity index (χ2v) is 15.8. The van der Waals surface area contributed by atoms with Gasteiger partial charge in [-0.05, 0) is 78.3 Å². The standard InChI is InChI=1S/C31H18F12NO5PS/c32-28(33,34)18-9-16(10-18)21-3-1-14-5-7-27-8-6-15-2-4-22(17-11-19(29(35,36)37)13-20(12-17)30(38,39)40)26(24(15)27)49-50(45,48-25(21)23(14)27)44-51(46,47)31(41,42)43/h1-4,9-13H,5-8H2,(H,44,45). The summed E-state index contributed by atoms with van der Waals surface area (Å²) in [7, 11) is -12.6. The molecular weight excluding hydrogens is 757 g/mol. The largest absolute Gasteiger partial charge is 0.526 e. The second-order valence-electron chi connectivity index (χ2n) is 12.2. The highest BCUT2D eigenvalue weighted by Crippen LogP contribution is 2.66. The Morgan fingerprint density at radius 1 is 0.667 bits per heavy atom. The summed E-state index contributed by atoms with van der Waals surface area (Å²) in [5, 5.41) is 0. The zero-order valence-electron chi connectivity index (χ0n) is 25.0. The predicted octanol–water partition coefficient (Wildman–Crippen LogP) is 9.77. The van der Waals surface area contributed by atoms with Crippen LogP contribution in [0.25, 0.3) is 16.7 Å². The number of allylic oxidation sites excluding steroid dienone is 4. The van der Waals surface area contributed by atoms with Crippen molar-refractivity contribution in [2.75, 3.05) is 0 Å². The number of halogens is 12. The molecule has 0 radical (unpaired) electrons. The Balaban J connectivity index is 1.53. The molecular formula is C31H18F12NO5PS. The Morgan fingerprint density at radius 2 is 1.14 bits per heavy atom. The molecule has 1 aliphatic heterocycles. The summed E-state index contributed by atoms with van der Waals surface area (Å²) >= 11 is 0. The molecule has 0 fully saturated rings. The number of alkyl halides is 12. The van der Waals surface area contributed by atoms with Crippen LogP contribution in [0.4, 0.5) is 52.7 Å². The fourth-order valence-corrected chi connectivity index (χ4v) is 9.84. The zero-order valence-corrected chi connectivity index (χ0v) is 26.7. The van der Waals surface area contributed by atoms with Gasteiger partial charge in [-0.15, -0.1) is 0 Å². The van der Waals surface area contributed by atoms with Gasteiger partial charge in [0.1, 0.15) is 11.5 Å². The first-order valence-electron chi connectivity index (χ1n) is 14.6. The molecule has 1 spiro atoms. The molecule has 51 heavy (non-hydrogen) atoms. The van der Waals surface area contributed by atoms with Gasteiger partial charge in [0.2, 0.25) is 0 Å². The molecule has 3 aromatic carbocycles. The van der Waals surface area contributed by atoms with Crippen molar-refractivity contribution in [3.05, 3.63) is 99.1 Å². The van der Waals surface area contributed by atoms with Crippen LogP contribution in [0.15, 0.2) is 60.2 Å². The van der Waals surface area contributed by atoms with E-state index < -0.39 is 86.5 Å². The van der Waals surface area contributed by atoms with Gasteiger partial charge < -0.3 is 9.05 Å². The molecule has 0 bridgehead atoms. The molecule has 0 aromatic heterocycles. The highest BCUT2D eigenvalue weighted by atomic mass is 32.2. The van der Waals surface area contributed by atoms with Crippen LogP contribution >= 0.6 is 7.75 Å². The molecule has 0 saturated carbocycles. The van der Waals surface area contributed by atoms with Crippen molar-refractivity contribution in [2.24, 2.45) is 0 Å². The van der Waals surface area contributed by atoms with Gasteiger partial charge in [0.05, 0.1) is 16.7 Å². The van der Waals surface area contributed by atoms with E-state index in [1.807, 2.05) is 0 Å². The normalized spacial score (nSPS) is 22.8. The highest BCUT2D eigenvalue weighted by Gasteiger charge is 2.57. The van der Waals surface area contributed by atoms with E-state index in [9.17, 15) is 65.7 Å². The molecule has 20 heteroatoms. The zero-order chi connectivity index (χ0) is 37.3. The third-order valence-electron chi connectivity index (χ3n) is 9.21.